The minimum atomic E-state index is 0.400. The van der Waals surface area contributed by atoms with Gasteiger partial charge in [-0.3, -0.25) is 4.90 Å². The molecule has 1 aromatic heterocycles. The lowest BCUT2D eigenvalue weighted by Crippen LogP contribution is -2.51. The Kier molecular flexibility index (Phi) is 5.31. The Labute approximate surface area is 168 Å². The van der Waals surface area contributed by atoms with E-state index in [-0.39, 0.29) is 0 Å². The molecule has 1 aliphatic rings. The van der Waals surface area contributed by atoms with Crippen molar-refractivity contribution in [3.8, 4) is 6.07 Å². The molecule has 1 saturated heterocycles. The van der Waals surface area contributed by atoms with Crippen molar-refractivity contribution in [2.24, 2.45) is 0 Å². The maximum absolute atomic E-state index is 8.89. The summed E-state index contributed by atoms with van der Waals surface area (Å²) in [6, 6.07) is 16.9. The fourth-order valence-corrected chi connectivity index (χ4v) is 5.03. The van der Waals surface area contributed by atoms with Crippen LogP contribution in [-0.4, -0.2) is 35.6 Å². The number of thiazole rings is 1. The zero-order valence-corrected chi connectivity index (χ0v) is 16.8. The quantitative estimate of drug-likeness (QED) is 0.639. The molecule has 0 saturated carbocycles. The number of rotatable bonds is 4. The van der Waals surface area contributed by atoms with Crippen molar-refractivity contribution in [2.45, 2.75) is 25.9 Å². The van der Waals surface area contributed by atoms with E-state index in [0.717, 1.165) is 52.1 Å². The molecule has 2 aromatic carbocycles. The lowest BCUT2D eigenvalue weighted by Gasteiger charge is -2.39. The van der Waals surface area contributed by atoms with Gasteiger partial charge in [0.05, 0.1) is 22.7 Å². The van der Waals surface area contributed by atoms with Crippen molar-refractivity contribution in [2.75, 3.05) is 24.5 Å². The number of nitriles is 1. The Morgan fingerprint density at radius 1 is 1.22 bits per heavy atom. The van der Waals surface area contributed by atoms with Gasteiger partial charge in [-0.1, -0.05) is 47.2 Å². The minimum Gasteiger partial charge on any atom is -0.343 e. The number of anilines is 1. The van der Waals surface area contributed by atoms with E-state index in [2.05, 4.69) is 34.9 Å². The summed E-state index contributed by atoms with van der Waals surface area (Å²) in [6.45, 7) is 6.15. The van der Waals surface area contributed by atoms with Crippen LogP contribution >= 0.6 is 22.9 Å². The Morgan fingerprint density at radius 2 is 2.07 bits per heavy atom. The van der Waals surface area contributed by atoms with Crippen LogP contribution < -0.4 is 4.90 Å². The van der Waals surface area contributed by atoms with Gasteiger partial charge >= 0.3 is 0 Å². The van der Waals surface area contributed by atoms with E-state index in [9.17, 15) is 0 Å². The lowest BCUT2D eigenvalue weighted by molar-refractivity contribution is 0.221. The van der Waals surface area contributed by atoms with E-state index in [1.807, 2.05) is 30.3 Å². The summed E-state index contributed by atoms with van der Waals surface area (Å²) in [7, 11) is 0. The van der Waals surface area contributed by atoms with Crippen molar-refractivity contribution in [1.29, 1.82) is 5.26 Å². The van der Waals surface area contributed by atoms with Crippen LogP contribution in [0, 0.1) is 11.3 Å². The van der Waals surface area contributed by atoms with Crippen LogP contribution in [-0.2, 0) is 13.0 Å². The Hall–Kier alpha value is -2.13. The van der Waals surface area contributed by atoms with E-state index in [0.29, 0.717) is 12.5 Å². The second kappa shape index (κ2) is 7.85. The molecule has 27 heavy (non-hydrogen) atoms. The van der Waals surface area contributed by atoms with Crippen molar-refractivity contribution < 1.29 is 0 Å². The second-order valence-corrected chi connectivity index (χ2v) is 8.49. The number of halogens is 1. The first kappa shape index (κ1) is 18.2. The van der Waals surface area contributed by atoms with E-state index in [4.69, 9.17) is 21.8 Å². The van der Waals surface area contributed by atoms with Crippen molar-refractivity contribution in [3.63, 3.8) is 0 Å². The molecule has 1 atom stereocenters. The molecule has 138 valence electrons. The fourth-order valence-electron chi connectivity index (χ4n) is 3.66. The molecule has 6 heteroatoms. The largest absolute Gasteiger partial charge is 0.343 e. The molecule has 1 fully saturated rings. The topological polar surface area (TPSA) is 43.2 Å². The molecule has 0 spiro atoms. The number of hydrogen-bond acceptors (Lipinski definition) is 5. The summed E-state index contributed by atoms with van der Waals surface area (Å²) in [5, 5.41) is 10.7. The van der Waals surface area contributed by atoms with E-state index >= 15 is 0 Å². The van der Waals surface area contributed by atoms with E-state index < -0.39 is 0 Å². The third-order valence-electron chi connectivity index (χ3n) is 4.98. The standard InChI is InChI=1S/C21H21ClN4S/c1-15-13-25(14-17-4-2-3-16(11-17)7-8-23)9-10-26(15)21-24-19-6-5-18(22)12-20(19)27-21/h2-6,11-12,15H,7,9-10,13-14H2,1H3. The summed E-state index contributed by atoms with van der Waals surface area (Å²) < 4.78 is 1.14. The molecule has 2 heterocycles. The molecule has 0 radical (unpaired) electrons. The average molecular weight is 397 g/mol. The van der Waals surface area contributed by atoms with Gasteiger partial charge in [-0.15, -0.1) is 0 Å². The van der Waals surface area contributed by atoms with Crippen molar-refractivity contribution in [1.82, 2.24) is 9.88 Å². The van der Waals surface area contributed by atoms with Crippen LogP contribution in [0.2, 0.25) is 5.02 Å². The molecule has 3 aromatic rings. The summed E-state index contributed by atoms with van der Waals surface area (Å²) in [5.74, 6) is 0. The number of benzene rings is 2. The summed E-state index contributed by atoms with van der Waals surface area (Å²) in [4.78, 5) is 9.69. The average Bonchev–Trinajstić information content (AvgIpc) is 3.05. The third kappa shape index (κ3) is 4.08. The molecule has 4 nitrogen and oxygen atoms in total. The molecule has 0 aliphatic carbocycles. The highest BCUT2D eigenvalue weighted by Gasteiger charge is 2.26. The zero-order chi connectivity index (χ0) is 18.8. The third-order valence-corrected chi connectivity index (χ3v) is 6.27. The molecule has 0 amide bonds. The first-order valence-corrected chi connectivity index (χ1v) is 10.3. The molecule has 0 N–H and O–H groups in total. The van der Waals surface area contributed by atoms with Gasteiger partial charge in [0.15, 0.2) is 5.13 Å². The van der Waals surface area contributed by atoms with Gasteiger partial charge < -0.3 is 4.90 Å². The highest BCUT2D eigenvalue weighted by molar-refractivity contribution is 7.22. The second-order valence-electron chi connectivity index (χ2n) is 7.04. The summed E-state index contributed by atoms with van der Waals surface area (Å²) >= 11 is 7.83. The van der Waals surface area contributed by atoms with Crippen molar-refractivity contribution in [3.05, 3.63) is 58.6 Å². The van der Waals surface area contributed by atoms with Crippen LogP contribution in [0.4, 0.5) is 5.13 Å². The highest BCUT2D eigenvalue weighted by atomic mass is 35.5. The first-order chi connectivity index (χ1) is 13.1. The Morgan fingerprint density at radius 3 is 2.89 bits per heavy atom. The number of hydrogen-bond donors (Lipinski definition) is 0. The van der Waals surface area contributed by atoms with Gasteiger partial charge in [-0.05, 0) is 36.2 Å². The zero-order valence-electron chi connectivity index (χ0n) is 15.2. The van der Waals surface area contributed by atoms with Gasteiger partial charge in [0.1, 0.15) is 0 Å². The Bertz CT molecular complexity index is 993. The summed E-state index contributed by atoms with van der Waals surface area (Å²) in [6.07, 6.45) is 0.472. The number of aromatic nitrogens is 1. The lowest BCUT2D eigenvalue weighted by atomic mass is 10.1. The van der Waals surface area contributed by atoms with Crippen LogP contribution in [0.5, 0.6) is 0 Å². The number of fused-ring (bicyclic) bond motifs is 1. The normalized spacial score (nSPS) is 18.0. The van der Waals surface area contributed by atoms with Gasteiger partial charge in [-0.25, -0.2) is 4.98 Å². The number of piperazine rings is 1. The van der Waals surface area contributed by atoms with Gasteiger partial charge in [-0.2, -0.15) is 5.26 Å². The molecule has 4 rings (SSSR count). The maximum atomic E-state index is 8.89. The first-order valence-electron chi connectivity index (χ1n) is 9.12. The number of nitrogens with zero attached hydrogens (tertiary/aromatic N) is 4. The molecule has 0 bridgehead atoms. The van der Waals surface area contributed by atoms with E-state index in [1.54, 1.807) is 11.3 Å². The molecular weight excluding hydrogens is 376 g/mol. The van der Waals surface area contributed by atoms with Gasteiger partial charge in [0.2, 0.25) is 0 Å². The van der Waals surface area contributed by atoms with Crippen LogP contribution in [0.1, 0.15) is 18.1 Å². The minimum absolute atomic E-state index is 0.400. The molecular formula is C21H21ClN4S. The smallest absolute Gasteiger partial charge is 0.186 e. The molecule has 1 unspecified atom stereocenters. The maximum Gasteiger partial charge on any atom is 0.186 e. The molecule has 1 aliphatic heterocycles. The van der Waals surface area contributed by atoms with Crippen molar-refractivity contribution >= 4 is 38.3 Å². The Balaban J connectivity index is 1.44. The summed E-state index contributed by atoms with van der Waals surface area (Å²) in [5.41, 5.74) is 3.39. The van der Waals surface area contributed by atoms with Crippen LogP contribution in [0.15, 0.2) is 42.5 Å². The van der Waals surface area contributed by atoms with Crippen LogP contribution in [0.25, 0.3) is 10.2 Å². The fraction of sp³-hybridized carbons (Fsp3) is 0.333. The SMILES string of the molecule is CC1CN(Cc2cccc(CC#N)c2)CCN1c1nc2ccc(Cl)cc2s1. The van der Waals surface area contributed by atoms with Gasteiger partial charge in [0, 0.05) is 37.2 Å². The predicted octanol–water partition coefficient (Wildman–Crippen LogP) is 4.73. The predicted molar refractivity (Wildman–Crippen MR) is 112 cm³/mol. The van der Waals surface area contributed by atoms with Gasteiger partial charge in [0.25, 0.3) is 0 Å². The monoisotopic (exact) mass is 396 g/mol. The highest BCUT2D eigenvalue weighted by Crippen LogP contribution is 2.32. The van der Waals surface area contributed by atoms with Crippen LogP contribution in [0.3, 0.4) is 0 Å². The van der Waals surface area contributed by atoms with E-state index in [1.165, 1.54) is 5.56 Å².